The molecule has 1 aromatic heterocycles. The zero-order chi connectivity index (χ0) is 15.9. The number of hydrogen-bond acceptors (Lipinski definition) is 4. The number of halogens is 1. The number of aliphatic carboxylic acids is 1. The maximum Gasteiger partial charge on any atom is 0.327 e. The number of carboxylic acids is 1. The summed E-state index contributed by atoms with van der Waals surface area (Å²) in [6.45, 7) is 0. The number of H-pyrrole nitrogens is 1. The second kappa shape index (κ2) is 5.06. The van der Waals surface area contributed by atoms with Gasteiger partial charge in [-0.2, -0.15) is 0 Å². The highest BCUT2D eigenvalue weighted by molar-refractivity contribution is 6.22. The number of hydrogen-bond donors (Lipinski definition) is 2. The van der Waals surface area contributed by atoms with Gasteiger partial charge in [0.25, 0.3) is 11.8 Å². The van der Waals surface area contributed by atoms with Gasteiger partial charge in [0.15, 0.2) is 0 Å². The summed E-state index contributed by atoms with van der Waals surface area (Å²) >= 11 is 0. The van der Waals surface area contributed by atoms with E-state index < -0.39 is 29.6 Å². The van der Waals surface area contributed by atoms with Crippen LogP contribution in [0.25, 0.3) is 0 Å². The van der Waals surface area contributed by atoms with E-state index in [4.69, 9.17) is 0 Å². The van der Waals surface area contributed by atoms with Gasteiger partial charge in [-0.05, 0) is 18.2 Å². The summed E-state index contributed by atoms with van der Waals surface area (Å²) in [5, 5.41) is 9.35. The molecule has 2 heterocycles. The van der Waals surface area contributed by atoms with Crippen molar-refractivity contribution in [2.45, 2.75) is 12.5 Å². The molecule has 0 spiro atoms. The summed E-state index contributed by atoms with van der Waals surface area (Å²) in [7, 11) is 0. The van der Waals surface area contributed by atoms with E-state index in [-0.39, 0.29) is 17.5 Å². The highest BCUT2D eigenvalue weighted by atomic mass is 19.1. The molecular formula is C14H10FN3O4. The van der Waals surface area contributed by atoms with E-state index in [1.165, 1.54) is 18.6 Å². The van der Waals surface area contributed by atoms with Crippen molar-refractivity contribution in [2.24, 2.45) is 0 Å². The molecule has 8 heteroatoms. The first-order valence-corrected chi connectivity index (χ1v) is 6.36. The molecule has 112 valence electrons. The van der Waals surface area contributed by atoms with Gasteiger partial charge in [-0.15, -0.1) is 0 Å². The molecule has 0 bridgehead atoms. The van der Waals surface area contributed by atoms with Crippen LogP contribution >= 0.6 is 0 Å². The fourth-order valence-corrected chi connectivity index (χ4v) is 2.41. The smallest absolute Gasteiger partial charge is 0.327 e. The largest absolute Gasteiger partial charge is 0.480 e. The van der Waals surface area contributed by atoms with Gasteiger partial charge in [-0.25, -0.2) is 14.2 Å². The molecule has 0 saturated carbocycles. The number of nitrogens with zero attached hydrogens (tertiary/aromatic N) is 2. The maximum absolute atomic E-state index is 13.2. The molecule has 1 aromatic carbocycles. The fourth-order valence-electron chi connectivity index (χ4n) is 2.41. The van der Waals surface area contributed by atoms with Gasteiger partial charge >= 0.3 is 5.97 Å². The Morgan fingerprint density at radius 3 is 2.68 bits per heavy atom. The number of carboxylic acid groups (broad SMARTS) is 1. The highest BCUT2D eigenvalue weighted by Gasteiger charge is 2.43. The van der Waals surface area contributed by atoms with Crippen LogP contribution in [0.1, 0.15) is 26.4 Å². The van der Waals surface area contributed by atoms with Crippen LogP contribution in [0.15, 0.2) is 30.7 Å². The number of fused-ring (bicyclic) bond motifs is 1. The average Bonchev–Trinajstić information content (AvgIpc) is 3.05. The monoisotopic (exact) mass is 303 g/mol. The van der Waals surface area contributed by atoms with Gasteiger partial charge in [-0.1, -0.05) is 0 Å². The fraction of sp³-hybridized carbons (Fsp3) is 0.143. The predicted molar refractivity (Wildman–Crippen MR) is 70.6 cm³/mol. The molecule has 1 aliphatic rings. The predicted octanol–water partition coefficient (Wildman–Crippen LogP) is 0.841. The molecule has 2 aromatic rings. The third-order valence-corrected chi connectivity index (χ3v) is 3.44. The summed E-state index contributed by atoms with van der Waals surface area (Å²) in [6, 6.07) is 1.78. The Hall–Kier alpha value is -3.03. The number of carbonyl (C=O) groups excluding carboxylic acids is 2. The lowest BCUT2D eigenvalue weighted by Gasteiger charge is -2.21. The highest BCUT2D eigenvalue weighted by Crippen LogP contribution is 2.26. The van der Waals surface area contributed by atoms with Crippen molar-refractivity contribution >= 4 is 17.8 Å². The minimum atomic E-state index is -1.39. The molecule has 3 rings (SSSR count). The summed E-state index contributed by atoms with van der Waals surface area (Å²) in [6.07, 6.45) is 2.67. The molecule has 0 aliphatic carbocycles. The lowest BCUT2D eigenvalue weighted by molar-refractivity contribution is -0.141. The number of rotatable bonds is 4. The van der Waals surface area contributed by atoms with E-state index in [2.05, 4.69) is 9.97 Å². The van der Waals surface area contributed by atoms with Crippen molar-refractivity contribution in [3.05, 3.63) is 53.4 Å². The zero-order valence-electron chi connectivity index (χ0n) is 11.1. The number of nitrogens with one attached hydrogen (secondary N) is 1. The number of carbonyl (C=O) groups is 3. The SMILES string of the molecule is O=C(O)[C@H](Cc1cnc[nH]1)N1C(=O)c2ccc(F)cc2C1=O. The lowest BCUT2D eigenvalue weighted by atomic mass is 10.1. The standard InChI is InChI=1S/C14H10FN3O4/c15-7-1-2-9-10(3-7)13(20)18(12(9)19)11(14(21)22)4-8-5-16-6-17-8/h1-3,5-6,11H,4H2,(H,16,17)(H,21,22)/t11-/m0/s1. The van der Waals surface area contributed by atoms with Crippen LogP contribution in [-0.2, 0) is 11.2 Å². The Kier molecular flexibility index (Phi) is 3.21. The van der Waals surface area contributed by atoms with Gasteiger partial charge in [0, 0.05) is 18.3 Å². The van der Waals surface area contributed by atoms with E-state index >= 15 is 0 Å². The Morgan fingerprint density at radius 1 is 1.32 bits per heavy atom. The maximum atomic E-state index is 13.2. The molecule has 2 amide bonds. The van der Waals surface area contributed by atoms with E-state index in [1.54, 1.807) is 0 Å². The van der Waals surface area contributed by atoms with Gasteiger partial charge in [0.2, 0.25) is 0 Å². The van der Waals surface area contributed by atoms with E-state index in [0.717, 1.165) is 12.1 Å². The zero-order valence-corrected chi connectivity index (χ0v) is 11.1. The van der Waals surface area contributed by atoms with Crippen molar-refractivity contribution < 1.29 is 23.9 Å². The Balaban J connectivity index is 1.98. The summed E-state index contributed by atoms with van der Waals surface area (Å²) in [5.74, 6) is -3.55. The topological polar surface area (TPSA) is 103 Å². The van der Waals surface area contributed by atoms with Crippen LogP contribution in [-0.4, -0.2) is 43.8 Å². The summed E-state index contributed by atoms with van der Waals surface area (Å²) < 4.78 is 13.2. The second-order valence-electron chi connectivity index (χ2n) is 4.81. The van der Waals surface area contributed by atoms with Crippen molar-refractivity contribution in [2.75, 3.05) is 0 Å². The number of aromatic amines is 1. The van der Waals surface area contributed by atoms with E-state index in [9.17, 15) is 23.9 Å². The number of aromatic nitrogens is 2. The third kappa shape index (κ3) is 2.14. The van der Waals surface area contributed by atoms with Gasteiger partial charge in [-0.3, -0.25) is 14.5 Å². The van der Waals surface area contributed by atoms with Crippen LogP contribution < -0.4 is 0 Å². The van der Waals surface area contributed by atoms with Crippen molar-refractivity contribution in [1.82, 2.24) is 14.9 Å². The molecule has 22 heavy (non-hydrogen) atoms. The first kappa shape index (κ1) is 13.9. The van der Waals surface area contributed by atoms with Crippen LogP contribution in [0.3, 0.4) is 0 Å². The summed E-state index contributed by atoms with van der Waals surface area (Å²) in [5.41, 5.74) is 0.346. The molecule has 1 atom stereocenters. The minimum absolute atomic E-state index is 0.00209. The molecule has 0 radical (unpaired) electrons. The van der Waals surface area contributed by atoms with Gasteiger partial charge < -0.3 is 10.1 Å². The quantitative estimate of drug-likeness (QED) is 0.815. The van der Waals surface area contributed by atoms with Gasteiger partial charge in [0.05, 0.1) is 17.5 Å². The van der Waals surface area contributed by atoms with Gasteiger partial charge in [0.1, 0.15) is 11.9 Å². The Bertz CT molecular complexity index is 772. The molecule has 7 nitrogen and oxygen atoms in total. The minimum Gasteiger partial charge on any atom is -0.480 e. The van der Waals surface area contributed by atoms with Crippen LogP contribution in [0.2, 0.25) is 0 Å². The molecule has 0 unspecified atom stereocenters. The number of benzene rings is 1. The van der Waals surface area contributed by atoms with Crippen molar-refractivity contribution in [1.29, 1.82) is 0 Å². The Morgan fingerprint density at radius 2 is 2.05 bits per heavy atom. The van der Waals surface area contributed by atoms with Crippen molar-refractivity contribution in [3.63, 3.8) is 0 Å². The first-order chi connectivity index (χ1) is 10.5. The molecule has 1 aliphatic heterocycles. The first-order valence-electron chi connectivity index (χ1n) is 6.36. The molecular weight excluding hydrogens is 293 g/mol. The molecule has 0 saturated heterocycles. The lowest BCUT2D eigenvalue weighted by Crippen LogP contribution is -2.46. The van der Waals surface area contributed by atoms with Crippen LogP contribution in [0, 0.1) is 5.82 Å². The summed E-state index contributed by atoms with van der Waals surface area (Å²) in [4.78, 5) is 43.2. The number of imidazole rings is 1. The molecule has 0 fully saturated rings. The third-order valence-electron chi connectivity index (χ3n) is 3.44. The van der Waals surface area contributed by atoms with Crippen molar-refractivity contribution in [3.8, 4) is 0 Å². The van der Waals surface area contributed by atoms with E-state index in [1.807, 2.05) is 0 Å². The Labute approximate surface area is 123 Å². The second-order valence-corrected chi connectivity index (χ2v) is 4.81. The number of imide groups is 1. The normalized spacial score (nSPS) is 15.0. The van der Waals surface area contributed by atoms with Crippen LogP contribution in [0.5, 0.6) is 0 Å². The van der Waals surface area contributed by atoms with Crippen LogP contribution in [0.4, 0.5) is 4.39 Å². The van der Waals surface area contributed by atoms with E-state index in [0.29, 0.717) is 10.6 Å². The average molecular weight is 303 g/mol. The molecule has 2 N–H and O–H groups in total. The number of amides is 2.